The Morgan fingerprint density at radius 2 is 1.94 bits per heavy atom. The van der Waals surface area contributed by atoms with Gasteiger partial charge in [-0.2, -0.15) is 5.26 Å². The van der Waals surface area contributed by atoms with E-state index in [4.69, 9.17) is 0 Å². The Morgan fingerprint density at radius 3 is 2.73 bits per heavy atom. The molecule has 1 fully saturated rings. The summed E-state index contributed by atoms with van der Waals surface area (Å²) in [5, 5.41) is 17.6. The van der Waals surface area contributed by atoms with Gasteiger partial charge in [0, 0.05) is 23.1 Å². The number of carbonyl (C=O) groups is 1. The van der Waals surface area contributed by atoms with Gasteiger partial charge in [-0.15, -0.1) is 0 Å². The maximum atomic E-state index is 13.0. The van der Waals surface area contributed by atoms with Crippen molar-refractivity contribution in [3.63, 3.8) is 0 Å². The van der Waals surface area contributed by atoms with E-state index in [-0.39, 0.29) is 17.9 Å². The number of hydrogen-bond acceptors (Lipinski definition) is 4. The van der Waals surface area contributed by atoms with Crippen LogP contribution >= 0.6 is 0 Å². The van der Waals surface area contributed by atoms with E-state index in [1.54, 1.807) is 6.08 Å². The van der Waals surface area contributed by atoms with Gasteiger partial charge in [0.15, 0.2) is 5.54 Å². The predicted molar refractivity (Wildman–Crippen MR) is 130 cm³/mol. The molecule has 2 N–H and O–H groups in total. The first kappa shape index (κ1) is 21.1. The highest BCUT2D eigenvalue weighted by Crippen LogP contribution is 2.35. The fourth-order valence-electron chi connectivity index (χ4n) is 4.84. The maximum Gasteiger partial charge on any atom is 0.238 e. The number of para-hydroxylation sites is 1. The number of allylic oxidation sites excluding steroid dienone is 2. The number of nitrogens with zero attached hydrogens (tertiary/aromatic N) is 2. The zero-order chi connectivity index (χ0) is 22.7. The molecule has 0 bridgehead atoms. The summed E-state index contributed by atoms with van der Waals surface area (Å²) < 4.78 is 0. The van der Waals surface area contributed by atoms with Crippen molar-refractivity contribution in [3.8, 4) is 17.2 Å². The molecule has 1 aromatic heterocycles. The smallest absolute Gasteiger partial charge is 0.238 e. The van der Waals surface area contributed by atoms with Gasteiger partial charge in [0.2, 0.25) is 5.91 Å². The topological polar surface area (TPSA) is 77.8 Å². The number of piperidine rings is 1. The number of benzene rings is 2. The second-order valence-corrected chi connectivity index (χ2v) is 8.70. The molecule has 5 heteroatoms. The average Bonchev–Trinajstić information content (AvgIpc) is 2.89. The molecule has 0 saturated carbocycles. The van der Waals surface area contributed by atoms with Crippen LogP contribution in [0.25, 0.3) is 22.0 Å². The van der Waals surface area contributed by atoms with Crippen LogP contribution in [0.2, 0.25) is 0 Å². The highest BCUT2D eigenvalue weighted by atomic mass is 16.2. The summed E-state index contributed by atoms with van der Waals surface area (Å²) in [6.07, 6.45) is 12.3. The number of nitriles is 1. The van der Waals surface area contributed by atoms with Crippen molar-refractivity contribution in [3.05, 3.63) is 90.7 Å². The second kappa shape index (κ2) is 9.01. The minimum absolute atomic E-state index is 0.111. The van der Waals surface area contributed by atoms with Gasteiger partial charge in [0.1, 0.15) is 0 Å². The van der Waals surface area contributed by atoms with Crippen LogP contribution in [0.1, 0.15) is 30.7 Å². The fourth-order valence-corrected chi connectivity index (χ4v) is 4.84. The Kier molecular flexibility index (Phi) is 5.77. The van der Waals surface area contributed by atoms with Crippen LogP contribution in [-0.4, -0.2) is 29.0 Å². The lowest BCUT2D eigenvalue weighted by atomic mass is 9.76. The molecule has 1 aliphatic heterocycles. The van der Waals surface area contributed by atoms with E-state index in [0.29, 0.717) is 0 Å². The van der Waals surface area contributed by atoms with Gasteiger partial charge < -0.3 is 10.6 Å². The van der Waals surface area contributed by atoms with Crippen molar-refractivity contribution >= 4 is 16.8 Å². The maximum absolute atomic E-state index is 13.0. The van der Waals surface area contributed by atoms with Gasteiger partial charge >= 0.3 is 0 Å². The SMILES string of the molecule is N#C[C@]1(NC(=O)[C@@H]2CCCCN2)C=CC=CC1c1ccc(-c2cccc3cccnc23)cc1. The molecule has 1 aliphatic carbocycles. The molecule has 0 spiro atoms. The van der Waals surface area contributed by atoms with Crippen molar-refractivity contribution in [1.29, 1.82) is 5.26 Å². The van der Waals surface area contributed by atoms with Crippen molar-refractivity contribution in [2.75, 3.05) is 6.54 Å². The van der Waals surface area contributed by atoms with E-state index in [1.165, 1.54) is 0 Å². The Balaban J connectivity index is 1.44. The lowest BCUT2D eigenvalue weighted by molar-refractivity contribution is -0.124. The summed E-state index contributed by atoms with van der Waals surface area (Å²) in [4.78, 5) is 17.5. The number of pyridine rings is 1. The lowest BCUT2D eigenvalue weighted by Crippen LogP contribution is -2.56. The van der Waals surface area contributed by atoms with Crippen LogP contribution < -0.4 is 10.6 Å². The van der Waals surface area contributed by atoms with Crippen LogP contribution in [0, 0.1) is 11.3 Å². The number of fused-ring (bicyclic) bond motifs is 1. The van der Waals surface area contributed by atoms with Crippen LogP contribution in [0.15, 0.2) is 85.1 Å². The quantitative estimate of drug-likeness (QED) is 0.628. The van der Waals surface area contributed by atoms with Crippen molar-refractivity contribution < 1.29 is 4.79 Å². The molecule has 5 rings (SSSR count). The number of aromatic nitrogens is 1. The van der Waals surface area contributed by atoms with Gasteiger partial charge in [0.05, 0.1) is 17.6 Å². The van der Waals surface area contributed by atoms with E-state index in [1.807, 2.05) is 48.7 Å². The van der Waals surface area contributed by atoms with E-state index in [0.717, 1.165) is 53.4 Å². The molecule has 0 radical (unpaired) electrons. The minimum Gasteiger partial charge on any atom is -0.333 e. The van der Waals surface area contributed by atoms with Gasteiger partial charge in [-0.05, 0) is 42.7 Å². The van der Waals surface area contributed by atoms with Gasteiger partial charge in [-0.25, -0.2) is 0 Å². The molecule has 33 heavy (non-hydrogen) atoms. The summed E-state index contributed by atoms with van der Waals surface area (Å²) in [5.41, 5.74) is 2.96. The molecule has 3 aromatic rings. The Labute approximate surface area is 193 Å². The molecule has 5 nitrogen and oxygen atoms in total. The molecule has 1 saturated heterocycles. The molecular formula is C28H26N4O. The third-order valence-electron chi connectivity index (χ3n) is 6.62. The molecule has 3 atom stereocenters. The molecule has 2 aromatic carbocycles. The Bertz CT molecular complexity index is 1260. The molecule has 1 unspecified atom stereocenters. The highest BCUT2D eigenvalue weighted by Gasteiger charge is 2.40. The minimum atomic E-state index is -1.12. The zero-order valence-electron chi connectivity index (χ0n) is 18.4. The van der Waals surface area contributed by atoms with Crippen LogP contribution in [0.4, 0.5) is 0 Å². The van der Waals surface area contributed by atoms with Crippen molar-refractivity contribution in [2.24, 2.45) is 0 Å². The third kappa shape index (κ3) is 4.06. The predicted octanol–water partition coefficient (Wildman–Crippen LogP) is 4.63. The largest absolute Gasteiger partial charge is 0.333 e. The molecule has 164 valence electrons. The lowest BCUT2D eigenvalue weighted by Gasteiger charge is -2.35. The summed E-state index contributed by atoms with van der Waals surface area (Å²) in [6.45, 7) is 0.835. The number of carbonyl (C=O) groups excluding carboxylic acids is 1. The van der Waals surface area contributed by atoms with Crippen LogP contribution in [-0.2, 0) is 4.79 Å². The number of rotatable bonds is 4. The summed E-state index contributed by atoms with van der Waals surface area (Å²) in [7, 11) is 0. The van der Waals surface area contributed by atoms with Gasteiger partial charge in [-0.1, -0.05) is 73.2 Å². The first-order chi connectivity index (χ1) is 16.2. The number of amides is 1. The number of hydrogen-bond donors (Lipinski definition) is 2. The van der Waals surface area contributed by atoms with Gasteiger partial charge in [-0.3, -0.25) is 9.78 Å². The zero-order valence-corrected chi connectivity index (χ0v) is 18.4. The highest BCUT2D eigenvalue weighted by molar-refractivity contribution is 5.93. The first-order valence-electron chi connectivity index (χ1n) is 11.5. The third-order valence-corrected chi connectivity index (χ3v) is 6.62. The molecule has 2 aliphatic rings. The van der Waals surface area contributed by atoms with E-state index >= 15 is 0 Å². The van der Waals surface area contributed by atoms with Crippen molar-refractivity contribution in [1.82, 2.24) is 15.6 Å². The normalized spacial score (nSPS) is 24.3. The molecular weight excluding hydrogens is 408 g/mol. The molecule has 2 heterocycles. The fraction of sp³-hybridized carbons (Fsp3) is 0.250. The Morgan fingerprint density at radius 1 is 1.09 bits per heavy atom. The van der Waals surface area contributed by atoms with Gasteiger partial charge in [0.25, 0.3) is 0 Å². The van der Waals surface area contributed by atoms with E-state index in [2.05, 4.69) is 52.0 Å². The summed E-state index contributed by atoms with van der Waals surface area (Å²) in [5.74, 6) is -0.389. The van der Waals surface area contributed by atoms with E-state index in [9.17, 15) is 10.1 Å². The standard InChI is InChI=1S/C28H26N4O/c29-19-28(32-27(33)25-11-2-4-17-30-25)16-3-1-10-24(28)21-14-12-20(13-15-21)23-9-5-7-22-8-6-18-31-26(22)23/h1,3,5-10,12-16,18,24-25,30H,2,4,11,17H2,(H,32,33)/t24?,25-,28+/m0/s1. The average molecular weight is 435 g/mol. The van der Waals surface area contributed by atoms with Crippen molar-refractivity contribution in [2.45, 2.75) is 36.8 Å². The van der Waals surface area contributed by atoms with Crippen LogP contribution in [0.3, 0.4) is 0 Å². The van der Waals surface area contributed by atoms with Crippen LogP contribution in [0.5, 0.6) is 0 Å². The number of nitrogens with one attached hydrogen (secondary N) is 2. The summed E-state index contributed by atoms with van der Waals surface area (Å²) in [6, 6.07) is 20.6. The first-order valence-corrected chi connectivity index (χ1v) is 11.5. The van der Waals surface area contributed by atoms with E-state index < -0.39 is 5.54 Å². The second-order valence-electron chi connectivity index (χ2n) is 8.70. The summed E-state index contributed by atoms with van der Waals surface area (Å²) >= 11 is 0. The molecule has 1 amide bonds. The Hall–Kier alpha value is -3.75. The monoisotopic (exact) mass is 434 g/mol.